The predicted molar refractivity (Wildman–Crippen MR) is 107 cm³/mol. The molecule has 1 heterocycles. The summed E-state index contributed by atoms with van der Waals surface area (Å²) in [6.07, 6.45) is 0. The molecule has 0 aliphatic heterocycles. The van der Waals surface area contributed by atoms with E-state index in [1.807, 2.05) is 12.1 Å². The first kappa shape index (κ1) is 19.4. The zero-order chi connectivity index (χ0) is 20.8. The Labute approximate surface area is 165 Å². The van der Waals surface area contributed by atoms with Gasteiger partial charge < -0.3 is 15.8 Å². The van der Waals surface area contributed by atoms with Gasteiger partial charge in [0.1, 0.15) is 17.3 Å². The minimum absolute atomic E-state index is 0.0277. The van der Waals surface area contributed by atoms with E-state index in [9.17, 15) is 14.4 Å². The minimum atomic E-state index is -0.721. The lowest BCUT2D eigenvalue weighted by Gasteiger charge is -2.11. The van der Waals surface area contributed by atoms with E-state index in [4.69, 9.17) is 15.7 Å². The lowest BCUT2D eigenvalue weighted by molar-refractivity contribution is -0.118. The highest BCUT2D eigenvalue weighted by atomic mass is 16.5. The number of hydrogen-bond donors (Lipinski definition) is 3. The van der Waals surface area contributed by atoms with Gasteiger partial charge in [-0.15, -0.1) is 0 Å². The Hall–Kier alpha value is -4.32. The molecule has 0 aliphatic carbocycles. The number of amides is 1. The molecule has 1 aromatic heterocycles. The van der Waals surface area contributed by atoms with E-state index in [-0.39, 0.29) is 24.7 Å². The first-order valence-electron chi connectivity index (χ1n) is 8.57. The monoisotopic (exact) mass is 391 g/mol. The average Bonchev–Trinajstić information content (AvgIpc) is 2.74. The SMILES string of the molecule is N#Cc1ccc(OCC(=O)Nc2c(N)[nH]c(=O)n(Cc3ccccc3)c2=O)cc1. The number of nitrogens with two attached hydrogens (primary N) is 1. The number of aromatic amines is 1. The number of anilines is 2. The van der Waals surface area contributed by atoms with Gasteiger partial charge in [-0.1, -0.05) is 30.3 Å². The molecule has 0 atom stereocenters. The van der Waals surface area contributed by atoms with Gasteiger partial charge in [-0.2, -0.15) is 5.26 Å². The van der Waals surface area contributed by atoms with Gasteiger partial charge in [-0.3, -0.25) is 19.1 Å². The van der Waals surface area contributed by atoms with Crippen LogP contribution in [0.4, 0.5) is 11.5 Å². The van der Waals surface area contributed by atoms with E-state index in [1.54, 1.807) is 48.5 Å². The Kier molecular flexibility index (Phi) is 5.75. The Bertz CT molecular complexity index is 1170. The largest absolute Gasteiger partial charge is 0.484 e. The normalized spacial score (nSPS) is 10.2. The highest BCUT2D eigenvalue weighted by Crippen LogP contribution is 2.12. The number of aromatic nitrogens is 2. The summed E-state index contributed by atoms with van der Waals surface area (Å²) < 4.78 is 6.27. The summed E-state index contributed by atoms with van der Waals surface area (Å²) in [5.41, 5.74) is 5.29. The van der Waals surface area contributed by atoms with Gasteiger partial charge >= 0.3 is 5.69 Å². The molecule has 0 unspecified atom stereocenters. The fraction of sp³-hybridized carbons (Fsp3) is 0.100. The quantitative estimate of drug-likeness (QED) is 0.573. The van der Waals surface area contributed by atoms with Crippen LogP contribution in [0.2, 0.25) is 0 Å². The molecule has 0 aliphatic rings. The van der Waals surface area contributed by atoms with E-state index in [0.717, 1.165) is 10.1 Å². The summed E-state index contributed by atoms with van der Waals surface area (Å²) in [5.74, 6) is -0.484. The van der Waals surface area contributed by atoms with Gasteiger partial charge in [0.2, 0.25) is 0 Å². The number of carbonyl (C=O) groups excluding carboxylic acids is 1. The number of nitrogens with one attached hydrogen (secondary N) is 2. The van der Waals surface area contributed by atoms with Crippen LogP contribution < -0.4 is 27.0 Å². The van der Waals surface area contributed by atoms with Gasteiger partial charge in [0.25, 0.3) is 11.5 Å². The van der Waals surface area contributed by atoms with Crippen LogP contribution in [-0.4, -0.2) is 22.1 Å². The smallest absolute Gasteiger partial charge is 0.330 e. The third-order valence-electron chi connectivity index (χ3n) is 4.02. The molecule has 146 valence electrons. The second-order valence-corrected chi connectivity index (χ2v) is 6.07. The highest BCUT2D eigenvalue weighted by molar-refractivity contribution is 5.93. The zero-order valence-electron chi connectivity index (χ0n) is 15.2. The Morgan fingerprint density at radius 1 is 1.14 bits per heavy atom. The summed E-state index contributed by atoms with van der Waals surface area (Å²) in [6.45, 7) is -0.359. The Morgan fingerprint density at radius 2 is 1.83 bits per heavy atom. The molecule has 0 fully saturated rings. The summed E-state index contributed by atoms with van der Waals surface area (Å²) in [5, 5.41) is 11.2. The van der Waals surface area contributed by atoms with Crippen molar-refractivity contribution in [1.29, 1.82) is 5.26 Å². The van der Waals surface area contributed by atoms with E-state index in [2.05, 4.69) is 10.3 Å². The van der Waals surface area contributed by atoms with Crippen LogP contribution in [0.15, 0.2) is 64.2 Å². The highest BCUT2D eigenvalue weighted by Gasteiger charge is 2.15. The van der Waals surface area contributed by atoms with Crippen molar-refractivity contribution in [2.45, 2.75) is 6.54 Å². The van der Waals surface area contributed by atoms with Gasteiger partial charge in [-0.25, -0.2) is 4.79 Å². The van der Waals surface area contributed by atoms with Crippen molar-refractivity contribution in [2.24, 2.45) is 0 Å². The van der Waals surface area contributed by atoms with Crippen LogP contribution in [0.1, 0.15) is 11.1 Å². The number of nitrogen functional groups attached to an aromatic ring is 1. The maximum atomic E-state index is 12.7. The van der Waals surface area contributed by atoms with Crippen LogP contribution in [0.25, 0.3) is 0 Å². The molecule has 3 aromatic rings. The van der Waals surface area contributed by atoms with Crippen molar-refractivity contribution in [3.63, 3.8) is 0 Å². The first-order valence-corrected chi connectivity index (χ1v) is 8.57. The van der Waals surface area contributed by atoms with Gasteiger partial charge in [0.15, 0.2) is 6.61 Å². The summed E-state index contributed by atoms with van der Waals surface area (Å²) in [6, 6.07) is 17.1. The number of ether oxygens (including phenoxy) is 1. The molecule has 3 rings (SSSR count). The topological polar surface area (TPSA) is 143 Å². The van der Waals surface area contributed by atoms with E-state index >= 15 is 0 Å². The molecule has 9 heteroatoms. The van der Waals surface area contributed by atoms with Crippen molar-refractivity contribution >= 4 is 17.4 Å². The number of hydrogen-bond acceptors (Lipinski definition) is 6. The maximum Gasteiger partial charge on any atom is 0.330 e. The Morgan fingerprint density at radius 3 is 2.48 bits per heavy atom. The van der Waals surface area contributed by atoms with Crippen LogP contribution in [0.3, 0.4) is 0 Å². The molecule has 0 spiro atoms. The second kappa shape index (κ2) is 8.58. The third kappa shape index (κ3) is 4.70. The fourth-order valence-corrected chi connectivity index (χ4v) is 2.57. The molecule has 2 aromatic carbocycles. The van der Waals surface area contributed by atoms with Crippen molar-refractivity contribution in [2.75, 3.05) is 17.7 Å². The maximum absolute atomic E-state index is 12.7. The molecule has 4 N–H and O–H groups in total. The minimum Gasteiger partial charge on any atom is -0.484 e. The van der Waals surface area contributed by atoms with Crippen LogP contribution in [0, 0.1) is 11.3 Å². The van der Waals surface area contributed by atoms with Gasteiger partial charge in [0.05, 0.1) is 18.2 Å². The molecular weight excluding hydrogens is 374 g/mol. The third-order valence-corrected chi connectivity index (χ3v) is 4.02. The summed E-state index contributed by atoms with van der Waals surface area (Å²) >= 11 is 0. The first-order chi connectivity index (χ1) is 14.0. The zero-order valence-corrected chi connectivity index (χ0v) is 15.2. The molecule has 29 heavy (non-hydrogen) atoms. The van der Waals surface area contributed by atoms with Crippen molar-refractivity contribution in [3.05, 3.63) is 86.6 Å². The average molecular weight is 391 g/mol. The molecule has 0 radical (unpaired) electrons. The van der Waals surface area contributed by atoms with Crippen LogP contribution in [0.5, 0.6) is 5.75 Å². The van der Waals surface area contributed by atoms with E-state index in [0.29, 0.717) is 11.3 Å². The molecule has 9 nitrogen and oxygen atoms in total. The number of rotatable bonds is 6. The standard InChI is InChI=1S/C20H17N5O4/c21-10-13-6-8-15(9-7-13)29-12-16(26)23-17-18(22)24-20(28)25(19(17)27)11-14-4-2-1-3-5-14/h1-9H,11-12,22H2,(H,23,26)(H,24,28). The van der Waals surface area contributed by atoms with Crippen LogP contribution in [-0.2, 0) is 11.3 Å². The van der Waals surface area contributed by atoms with E-state index < -0.39 is 17.2 Å². The molecular formula is C20H17N5O4. The van der Waals surface area contributed by atoms with Crippen LogP contribution >= 0.6 is 0 Å². The number of carbonyl (C=O) groups is 1. The Balaban J connectivity index is 1.75. The van der Waals surface area contributed by atoms with E-state index in [1.165, 1.54) is 0 Å². The van der Waals surface area contributed by atoms with Gasteiger partial charge in [0, 0.05) is 0 Å². The summed E-state index contributed by atoms with van der Waals surface area (Å²) in [4.78, 5) is 39.3. The predicted octanol–water partition coefficient (Wildman–Crippen LogP) is 1.06. The number of nitriles is 1. The fourth-order valence-electron chi connectivity index (χ4n) is 2.57. The lowest BCUT2D eigenvalue weighted by Crippen LogP contribution is -2.39. The second-order valence-electron chi connectivity index (χ2n) is 6.07. The molecule has 1 amide bonds. The number of H-pyrrole nitrogens is 1. The van der Waals surface area contributed by atoms with Crippen molar-refractivity contribution in [1.82, 2.24) is 9.55 Å². The molecule has 0 saturated carbocycles. The lowest BCUT2D eigenvalue weighted by atomic mass is 10.2. The van der Waals surface area contributed by atoms with Gasteiger partial charge in [-0.05, 0) is 29.8 Å². The molecule has 0 saturated heterocycles. The van der Waals surface area contributed by atoms with Crippen molar-refractivity contribution < 1.29 is 9.53 Å². The molecule has 0 bridgehead atoms. The van der Waals surface area contributed by atoms with Crippen molar-refractivity contribution in [3.8, 4) is 11.8 Å². The number of nitrogens with zero attached hydrogens (tertiary/aromatic N) is 2. The summed E-state index contributed by atoms with van der Waals surface area (Å²) in [7, 11) is 0. The number of benzene rings is 2.